The highest BCUT2D eigenvalue weighted by molar-refractivity contribution is 6.76. The maximum absolute atomic E-state index is 2.58. The van der Waals surface area contributed by atoms with Crippen LogP contribution in [0.1, 0.15) is 6.42 Å². The molecule has 0 aromatic carbocycles. The number of hydrogen-bond acceptors (Lipinski definition) is 1. The molecule has 64 valence electrons. The Balaban J connectivity index is 2.32. The Hall–Kier alpha value is -0.0831. The fourth-order valence-electron chi connectivity index (χ4n) is 1.50. The van der Waals surface area contributed by atoms with Crippen LogP contribution < -0.4 is 0 Å². The molecule has 1 heterocycles. The molecule has 0 saturated carbocycles. The molecule has 0 N–H and O–H groups in total. The molecular formula is C9H19NSi. The molecule has 2 heteroatoms. The summed E-state index contributed by atoms with van der Waals surface area (Å²) in [6, 6.07) is 0. The van der Waals surface area contributed by atoms with Crippen LogP contribution in [0, 0.1) is 0 Å². The van der Waals surface area contributed by atoms with Gasteiger partial charge in [-0.05, 0) is 12.6 Å². The van der Waals surface area contributed by atoms with Gasteiger partial charge in [-0.15, -0.1) is 0 Å². The first-order valence-electron chi connectivity index (χ1n) is 4.45. The zero-order valence-electron chi connectivity index (χ0n) is 7.93. The van der Waals surface area contributed by atoms with Crippen LogP contribution in [0.4, 0.5) is 0 Å². The molecule has 0 atom stereocenters. The summed E-state index contributed by atoms with van der Waals surface area (Å²) in [4.78, 5) is 2.58. The van der Waals surface area contributed by atoms with Gasteiger partial charge in [-0.25, -0.2) is 0 Å². The quantitative estimate of drug-likeness (QED) is 0.452. The minimum Gasteiger partial charge on any atom is -0.302 e. The molecule has 0 saturated heterocycles. The SMILES string of the molecule is C[Si](C)(C)CN1CC=CCC1. The van der Waals surface area contributed by atoms with Gasteiger partial charge in [0.25, 0.3) is 0 Å². The van der Waals surface area contributed by atoms with E-state index in [2.05, 4.69) is 36.7 Å². The predicted octanol–water partition coefficient (Wildman–Crippen LogP) is 2.13. The molecule has 0 amide bonds. The number of hydrogen-bond donors (Lipinski definition) is 0. The summed E-state index contributed by atoms with van der Waals surface area (Å²) in [7, 11) is -0.853. The van der Waals surface area contributed by atoms with Crippen molar-refractivity contribution in [3.8, 4) is 0 Å². The first kappa shape index (κ1) is 9.01. The van der Waals surface area contributed by atoms with Crippen LogP contribution >= 0.6 is 0 Å². The van der Waals surface area contributed by atoms with Crippen molar-refractivity contribution in [3.63, 3.8) is 0 Å². The summed E-state index contributed by atoms with van der Waals surface area (Å²) in [5.74, 6) is 0. The molecule has 0 aliphatic carbocycles. The Kier molecular flexibility index (Phi) is 2.90. The van der Waals surface area contributed by atoms with E-state index in [1.54, 1.807) is 0 Å². The summed E-state index contributed by atoms with van der Waals surface area (Å²) in [6.07, 6.45) is 7.20. The lowest BCUT2D eigenvalue weighted by Crippen LogP contribution is -2.41. The van der Waals surface area contributed by atoms with Crippen molar-refractivity contribution in [2.24, 2.45) is 0 Å². The van der Waals surface area contributed by atoms with Crippen molar-refractivity contribution >= 4 is 8.07 Å². The van der Waals surface area contributed by atoms with Crippen molar-refractivity contribution in [1.82, 2.24) is 4.90 Å². The fraction of sp³-hybridized carbons (Fsp3) is 0.778. The highest BCUT2D eigenvalue weighted by Crippen LogP contribution is 2.07. The lowest BCUT2D eigenvalue weighted by atomic mass is 10.3. The predicted molar refractivity (Wildman–Crippen MR) is 53.5 cm³/mol. The second-order valence-electron chi connectivity index (χ2n) is 4.56. The molecular weight excluding hydrogens is 150 g/mol. The van der Waals surface area contributed by atoms with Gasteiger partial charge in [0.1, 0.15) is 0 Å². The standard InChI is InChI=1S/C9H19NSi/c1-11(2,3)9-10-7-5-4-6-8-10/h4-5H,6-9H2,1-3H3. The lowest BCUT2D eigenvalue weighted by Gasteiger charge is -2.29. The summed E-state index contributed by atoms with van der Waals surface area (Å²) in [6.45, 7) is 9.77. The van der Waals surface area contributed by atoms with Gasteiger partial charge in [0.2, 0.25) is 0 Å². The Bertz CT molecular complexity index is 146. The third-order valence-electron chi connectivity index (χ3n) is 1.84. The minimum atomic E-state index is -0.853. The van der Waals surface area contributed by atoms with Crippen LogP contribution in [-0.2, 0) is 0 Å². The van der Waals surface area contributed by atoms with E-state index in [-0.39, 0.29) is 0 Å². The van der Waals surface area contributed by atoms with Gasteiger partial charge in [-0.2, -0.15) is 0 Å². The van der Waals surface area contributed by atoms with E-state index < -0.39 is 8.07 Å². The minimum absolute atomic E-state index is 0.853. The van der Waals surface area contributed by atoms with Gasteiger partial charge < -0.3 is 4.90 Å². The van der Waals surface area contributed by atoms with Crippen LogP contribution in [0.2, 0.25) is 19.6 Å². The van der Waals surface area contributed by atoms with Gasteiger partial charge in [-0.1, -0.05) is 31.8 Å². The average molecular weight is 169 g/mol. The maximum atomic E-state index is 2.58. The van der Waals surface area contributed by atoms with Gasteiger partial charge >= 0.3 is 0 Å². The van der Waals surface area contributed by atoms with E-state index in [9.17, 15) is 0 Å². The Morgan fingerprint density at radius 3 is 2.45 bits per heavy atom. The maximum Gasteiger partial charge on any atom is 0.0599 e. The topological polar surface area (TPSA) is 3.24 Å². The van der Waals surface area contributed by atoms with E-state index in [1.165, 1.54) is 25.7 Å². The van der Waals surface area contributed by atoms with Crippen LogP contribution in [0.5, 0.6) is 0 Å². The van der Waals surface area contributed by atoms with E-state index in [4.69, 9.17) is 0 Å². The van der Waals surface area contributed by atoms with Gasteiger partial charge in [0.05, 0.1) is 8.07 Å². The van der Waals surface area contributed by atoms with Gasteiger partial charge in [0, 0.05) is 13.1 Å². The van der Waals surface area contributed by atoms with Crippen LogP contribution in [-0.4, -0.2) is 32.2 Å². The summed E-state index contributed by atoms with van der Waals surface area (Å²) in [5.41, 5.74) is 0. The second kappa shape index (κ2) is 3.54. The molecule has 0 bridgehead atoms. The molecule has 0 unspecified atom stereocenters. The molecule has 1 aliphatic heterocycles. The molecule has 1 rings (SSSR count). The fourth-order valence-corrected chi connectivity index (χ4v) is 3.13. The highest BCUT2D eigenvalue weighted by Gasteiger charge is 2.17. The van der Waals surface area contributed by atoms with Crippen molar-refractivity contribution in [2.75, 3.05) is 19.3 Å². The molecule has 0 aromatic heterocycles. The second-order valence-corrected chi connectivity index (χ2v) is 9.99. The molecule has 11 heavy (non-hydrogen) atoms. The van der Waals surface area contributed by atoms with Gasteiger partial charge in [0.15, 0.2) is 0 Å². The molecule has 0 aromatic rings. The largest absolute Gasteiger partial charge is 0.302 e. The zero-order chi connectivity index (χ0) is 8.32. The first-order chi connectivity index (χ1) is 5.08. The lowest BCUT2D eigenvalue weighted by molar-refractivity contribution is 0.341. The molecule has 0 spiro atoms. The number of nitrogens with zero attached hydrogens (tertiary/aromatic N) is 1. The molecule has 0 radical (unpaired) electrons. The summed E-state index contributed by atoms with van der Waals surface area (Å²) in [5, 5.41) is 0. The van der Waals surface area contributed by atoms with E-state index >= 15 is 0 Å². The average Bonchev–Trinajstić information content (AvgIpc) is 1.85. The third-order valence-corrected chi connectivity index (χ3v) is 3.24. The van der Waals surface area contributed by atoms with Crippen molar-refractivity contribution in [1.29, 1.82) is 0 Å². The van der Waals surface area contributed by atoms with Gasteiger partial charge in [-0.3, -0.25) is 0 Å². The van der Waals surface area contributed by atoms with Crippen LogP contribution in [0.15, 0.2) is 12.2 Å². The Labute approximate surface area is 71.1 Å². The van der Waals surface area contributed by atoms with Crippen molar-refractivity contribution < 1.29 is 0 Å². The summed E-state index contributed by atoms with van der Waals surface area (Å²) >= 11 is 0. The smallest absolute Gasteiger partial charge is 0.0599 e. The first-order valence-corrected chi connectivity index (χ1v) is 8.16. The van der Waals surface area contributed by atoms with E-state index in [1.807, 2.05) is 0 Å². The van der Waals surface area contributed by atoms with Crippen molar-refractivity contribution in [3.05, 3.63) is 12.2 Å². The Morgan fingerprint density at radius 2 is 2.00 bits per heavy atom. The van der Waals surface area contributed by atoms with E-state index in [0.29, 0.717) is 0 Å². The number of rotatable bonds is 2. The molecule has 1 nitrogen and oxygen atoms in total. The van der Waals surface area contributed by atoms with Crippen LogP contribution in [0.25, 0.3) is 0 Å². The molecule has 0 fully saturated rings. The zero-order valence-corrected chi connectivity index (χ0v) is 8.93. The Morgan fingerprint density at radius 1 is 1.27 bits per heavy atom. The monoisotopic (exact) mass is 169 g/mol. The normalized spacial score (nSPS) is 20.6. The van der Waals surface area contributed by atoms with Crippen molar-refractivity contribution in [2.45, 2.75) is 26.1 Å². The van der Waals surface area contributed by atoms with E-state index in [0.717, 1.165) is 0 Å². The summed E-state index contributed by atoms with van der Waals surface area (Å²) < 4.78 is 0. The highest BCUT2D eigenvalue weighted by atomic mass is 28.3. The molecule has 1 aliphatic rings. The third kappa shape index (κ3) is 3.73. The van der Waals surface area contributed by atoms with Crippen LogP contribution in [0.3, 0.4) is 0 Å².